The number of nitrogens with two attached hydrogens (primary N) is 1. The van der Waals surface area contributed by atoms with Crippen molar-refractivity contribution in [2.75, 3.05) is 14.2 Å². The van der Waals surface area contributed by atoms with Gasteiger partial charge in [-0.3, -0.25) is 0 Å². The molecular formula is C21H19ClN2O4. The first-order valence-corrected chi connectivity index (χ1v) is 8.69. The van der Waals surface area contributed by atoms with E-state index in [9.17, 15) is 10.3 Å². The molecule has 7 heteroatoms. The van der Waals surface area contributed by atoms with Crippen molar-refractivity contribution < 1.29 is 19.8 Å². The third-order valence-corrected chi connectivity index (χ3v) is 4.56. The summed E-state index contributed by atoms with van der Waals surface area (Å²) in [6.45, 7) is 0. The van der Waals surface area contributed by atoms with Crippen LogP contribution in [0.4, 0.5) is 0 Å². The second-order valence-electron chi connectivity index (χ2n) is 5.97. The minimum Gasteiger partial charge on any atom is -0.508 e. The van der Waals surface area contributed by atoms with Crippen molar-refractivity contribution in [1.29, 1.82) is 0 Å². The number of hydrogen-bond donors (Lipinski definition) is 3. The smallest absolute Gasteiger partial charge is 0.170 e. The van der Waals surface area contributed by atoms with Crippen LogP contribution in [0.2, 0.25) is 5.02 Å². The number of methoxy groups -OCH3 is 2. The van der Waals surface area contributed by atoms with Crippen LogP contribution >= 0.6 is 11.6 Å². The molecule has 4 N–H and O–H groups in total. The van der Waals surface area contributed by atoms with E-state index >= 15 is 0 Å². The molecule has 0 amide bonds. The van der Waals surface area contributed by atoms with E-state index in [1.165, 1.54) is 0 Å². The summed E-state index contributed by atoms with van der Waals surface area (Å²) in [5.74, 6) is 1.24. The number of halogens is 1. The molecule has 0 aromatic heterocycles. The predicted molar refractivity (Wildman–Crippen MR) is 110 cm³/mol. The molecule has 0 aliphatic carbocycles. The second-order valence-corrected chi connectivity index (χ2v) is 6.41. The molecule has 0 saturated heterocycles. The first-order chi connectivity index (χ1) is 13.5. The van der Waals surface area contributed by atoms with Crippen molar-refractivity contribution in [3.8, 4) is 39.5 Å². The van der Waals surface area contributed by atoms with Gasteiger partial charge in [0.1, 0.15) is 17.2 Å². The van der Waals surface area contributed by atoms with Crippen molar-refractivity contribution >= 4 is 17.4 Å². The molecule has 0 radical (unpaired) electrons. The fraction of sp³-hybridized carbons (Fsp3) is 0.0952. The number of phenolic OH excluding ortho intramolecular Hbond substituents is 1. The zero-order chi connectivity index (χ0) is 20.3. The van der Waals surface area contributed by atoms with Gasteiger partial charge in [-0.25, -0.2) is 0 Å². The standard InChI is InChI=1S/C21H19ClN2O4/c1-27-15-7-8-16(19(11-15)28-2)20-17(12-3-5-14(25)6-4-12)9-13(22)10-18(20)21(23)24-26/h3-11,25-26H,1-2H3,(H2,23,24). The first-order valence-electron chi connectivity index (χ1n) is 8.31. The average molecular weight is 399 g/mol. The second kappa shape index (κ2) is 8.10. The number of ether oxygens (including phenoxy) is 2. The highest BCUT2D eigenvalue weighted by Gasteiger charge is 2.20. The molecular weight excluding hydrogens is 380 g/mol. The summed E-state index contributed by atoms with van der Waals surface area (Å²) in [5.41, 5.74) is 9.31. The van der Waals surface area contributed by atoms with Gasteiger partial charge in [0.25, 0.3) is 0 Å². The number of aromatic hydroxyl groups is 1. The molecule has 0 heterocycles. The Labute approximate surface area is 167 Å². The largest absolute Gasteiger partial charge is 0.508 e. The van der Waals surface area contributed by atoms with E-state index in [4.69, 9.17) is 26.8 Å². The van der Waals surface area contributed by atoms with Gasteiger partial charge < -0.3 is 25.5 Å². The molecule has 3 aromatic rings. The maximum atomic E-state index is 9.63. The summed E-state index contributed by atoms with van der Waals surface area (Å²) in [5, 5.41) is 22.5. The highest BCUT2D eigenvalue weighted by molar-refractivity contribution is 6.31. The Bertz CT molecular complexity index is 1030. The Morgan fingerprint density at radius 2 is 1.68 bits per heavy atom. The van der Waals surface area contributed by atoms with Crippen LogP contribution in [-0.4, -0.2) is 30.4 Å². The molecule has 3 aromatic carbocycles. The molecule has 6 nitrogen and oxygen atoms in total. The summed E-state index contributed by atoms with van der Waals surface area (Å²) in [4.78, 5) is 0. The molecule has 0 fully saturated rings. The molecule has 0 saturated carbocycles. The fourth-order valence-corrected chi connectivity index (χ4v) is 3.24. The Morgan fingerprint density at radius 3 is 2.29 bits per heavy atom. The van der Waals surface area contributed by atoms with Gasteiger partial charge in [0.2, 0.25) is 0 Å². The van der Waals surface area contributed by atoms with Crippen LogP contribution in [-0.2, 0) is 0 Å². The molecule has 3 rings (SSSR count). The lowest BCUT2D eigenvalue weighted by Crippen LogP contribution is -2.15. The van der Waals surface area contributed by atoms with Gasteiger partial charge in [-0.05, 0) is 47.5 Å². The number of hydrogen-bond acceptors (Lipinski definition) is 5. The van der Waals surface area contributed by atoms with Crippen LogP contribution in [0.1, 0.15) is 5.56 Å². The Hall–Kier alpha value is -3.38. The molecule has 0 atom stereocenters. The lowest BCUT2D eigenvalue weighted by Gasteiger charge is -2.18. The fourth-order valence-electron chi connectivity index (χ4n) is 3.03. The number of oxime groups is 1. The third-order valence-electron chi connectivity index (χ3n) is 4.34. The van der Waals surface area contributed by atoms with E-state index < -0.39 is 0 Å². The summed E-state index contributed by atoms with van der Waals surface area (Å²) in [6.07, 6.45) is 0. The Balaban J connectivity index is 2.39. The maximum Gasteiger partial charge on any atom is 0.170 e. The highest BCUT2D eigenvalue weighted by atomic mass is 35.5. The average Bonchev–Trinajstić information content (AvgIpc) is 2.72. The van der Waals surface area contributed by atoms with Crippen molar-refractivity contribution in [3.63, 3.8) is 0 Å². The molecule has 0 bridgehead atoms. The predicted octanol–water partition coefficient (Wildman–Crippen LogP) is 4.49. The van der Waals surface area contributed by atoms with Gasteiger partial charge >= 0.3 is 0 Å². The first kappa shape index (κ1) is 19.4. The van der Waals surface area contributed by atoms with Gasteiger partial charge in [0.05, 0.1) is 14.2 Å². The van der Waals surface area contributed by atoms with Gasteiger partial charge in [-0.2, -0.15) is 0 Å². The normalized spacial score (nSPS) is 11.3. The summed E-state index contributed by atoms with van der Waals surface area (Å²) < 4.78 is 10.8. The van der Waals surface area contributed by atoms with E-state index in [1.807, 2.05) is 6.07 Å². The summed E-state index contributed by atoms with van der Waals surface area (Å²) in [6, 6.07) is 15.5. The van der Waals surface area contributed by atoms with Crippen molar-refractivity contribution in [1.82, 2.24) is 0 Å². The van der Waals surface area contributed by atoms with Gasteiger partial charge in [-0.15, -0.1) is 0 Å². The van der Waals surface area contributed by atoms with Crippen LogP contribution in [0.15, 0.2) is 59.8 Å². The zero-order valence-electron chi connectivity index (χ0n) is 15.3. The minimum atomic E-state index is -0.0876. The summed E-state index contributed by atoms with van der Waals surface area (Å²) >= 11 is 6.32. The Morgan fingerprint density at radius 1 is 0.964 bits per heavy atom. The molecule has 0 aliphatic rings. The molecule has 28 heavy (non-hydrogen) atoms. The SMILES string of the molecule is COc1ccc(-c2c(/C(N)=N/O)cc(Cl)cc2-c2ccc(O)cc2)c(OC)c1. The Kier molecular flexibility index (Phi) is 5.61. The molecule has 0 spiro atoms. The zero-order valence-corrected chi connectivity index (χ0v) is 16.1. The maximum absolute atomic E-state index is 9.63. The van der Waals surface area contributed by atoms with Crippen LogP contribution < -0.4 is 15.2 Å². The van der Waals surface area contributed by atoms with E-state index in [0.717, 1.165) is 11.1 Å². The van der Waals surface area contributed by atoms with Crippen LogP contribution in [0.3, 0.4) is 0 Å². The van der Waals surface area contributed by atoms with E-state index in [2.05, 4.69) is 5.16 Å². The van der Waals surface area contributed by atoms with Gasteiger partial charge in [0.15, 0.2) is 5.84 Å². The minimum absolute atomic E-state index is 0.0876. The molecule has 0 aliphatic heterocycles. The quantitative estimate of drug-likeness (QED) is 0.254. The number of amidine groups is 1. The van der Waals surface area contributed by atoms with Gasteiger partial charge in [-0.1, -0.05) is 28.9 Å². The molecule has 0 unspecified atom stereocenters. The van der Waals surface area contributed by atoms with Crippen molar-refractivity contribution in [3.05, 3.63) is 65.2 Å². The third kappa shape index (κ3) is 3.68. The van der Waals surface area contributed by atoms with E-state index in [1.54, 1.807) is 62.8 Å². The lowest BCUT2D eigenvalue weighted by atomic mass is 9.89. The van der Waals surface area contributed by atoms with Crippen LogP contribution in [0.25, 0.3) is 22.3 Å². The lowest BCUT2D eigenvalue weighted by molar-refractivity contribution is 0.318. The molecule has 144 valence electrons. The van der Waals surface area contributed by atoms with Gasteiger partial charge in [0, 0.05) is 27.8 Å². The number of phenols is 1. The summed E-state index contributed by atoms with van der Waals surface area (Å²) in [7, 11) is 3.12. The van der Waals surface area contributed by atoms with Crippen LogP contribution in [0.5, 0.6) is 17.2 Å². The number of nitrogens with zero attached hydrogens (tertiary/aromatic N) is 1. The van der Waals surface area contributed by atoms with Crippen molar-refractivity contribution in [2.45, 2.75) is 0 Å². The van der Waals surface area contributed by atoms with E-state index in [0.29, 0.717) is 33.2 Å². The topological polar surface area (TPSA) is 97.3 Å². The number of benzene rings is 3. The van der Waals surface area contributed by atoms with E-state index in [-0.39, 0.29) is 11.6 Å². The highest BCUT2D eigenvalue weighted by Crippen LogP contribution is 2.42. The number of rotatable bonds is 5. The monoisotopic (exact) mass is 398 g/mol. The van der Waals surface area contributed by atoms with Crippen molar-refractivity contribution in [2.24, 2.45) is 10.9 Å². The van der Waals surface area contributed by atoms with Crippen LogP contribution in [0, 0.1) is 0 Å².